The number of nitrogens with zero attached hydrogens (tertiary/aromatic N) is 2. The van der Waals surface area contributed by atoms with E-state index < -0.39 is 10.2 Å². The first kappa shape index (κ1) is 16.8. The molecule has 1 aliphatic rings. The molecule has 0 bridgehead atoms. The Kier molecular flexibility index (Phi) is 6.12. The maximum Gasteiger partial charge on any atom is 0.279 e. The number of hydrogen-bond donors (Lipinski definition) is 2. The van der Waals surface area contributed by atoms with Gasteiger partial charge in [-0.2, -0.15) is 12.7 Å². The second kappa shape index (κ2) is 7.64. The van der Waals surface area contributed by atoms with Crippen LogP contribution in [0.2, 0.25) is 0 Å². The van der Waals surface area contributed by atoms with Crippen molar-refractivity contribution in [2.45, 2.75) is 26.2 Å². The van der Waals surface area contributed by atoms with E-state index in [4.69, 9.17) is 0 Å². The fourth-order valence-electron chi connectivity index (χ4n) is 2.60. The maximum atomic E-state index is 12.3. The van der Waals surface area contributed by atoms with E-state index in [-0.39, 0.29) is 0 Å². The normalized spacial score (nSPS) is 20.8. The van der Waals surface area contributed by atoms with Crippen molar-refractivity contribution in [1.29, 1.82) is 0 Å². The molecule has 2 N–H and O–H groups in total. The Balaban J connectivity index is 1.83. The average molecular weight is 332 g/mol. The molecule has 120 valence electrons. The number of nitrogens with one attached hydrogen (secondary N) is 2. The molecule has 1 atom stereocenters. The Labute approximate surface area is 131 Å². The first-order chi connectivity index (χ1) is 10.0. The van der Waals surface area contributed by atoms with Gasteiger partial charge in [0.2, 0.25) is 0 Å². The number of thiazole rings is 1. The van der Waals surface area contributed by atoms with Crippen LogP contribution in [0.1, 0.15) is 23.5 Å². The molecular formula is C13H24N4O2S2. The van der Waals surface area contributed by atoms with Gasteiger partial charge >= 0.3 is 0 Å². The molecule has 1 aliphatic heterocycles. The quantitative estimate of drug-likeness (QED) is 0.773. The van der Waals surface area contributed by atoms with Gasteiger partial charge in [-0.15, -0.1) is 11.3 Å². The minimum atomic E-state index is -3.37. The highest BCUT2D eigenvalue weighted by Crippen LogP contribution is 2.18. The van der Waals surface area contributed by atoms with Gasteiger partial charge in [0.15, 0.2) is 0 Å². The highest BCUT2D eigenvalue weighted by atomic mass is 32.2. The number of rotatable bonds is 7. The van der Waals surface area contributed by atoms with Crippen molar-refractivity contribution in [3.8, 4) is 0 Å². The molecule has 21 heavy (non-hydrogen) atoms. The van der Waals surface area contributed by atoms with E-state index in [1.54, 1.807) is 15.6 Å². The molecule has 8 heteroatoms. The van der Waals surface area contributed by atoms with Gasteiger partial charge in [-0.25, -0.2) is 9.71 Å². The summed E-state index contributed by atoms with van der Waals surface area (Å²) in [6.45, 7) is 4.44. The fraction of sp³-hybridized carbons (Fsp3) is 0.769. The minimum Gasteiger partial charge on any atom is -0.319 e. The minimum absolute atomic E-state index is 0.405. The second-order valence-corrected chi connectivity index (χ2v) is 8.15. The zero-order valence-electron chi connectivity index (χ0n) is 12.6. The van der Waals surface area contributed by atoms with Crippen LogP contribution in [0.3, 0.4) is 0 Å². The second-order valence-electron chi connectivity index (χ2n) is 5.46. The Morgan fingerprint density at radius 1 is 1.52 bits per heavy atom. The van der Waals surface area contributed by atoms with Gasteiger partial charge < -0.3 is 5.32 Å². The van der Waals surface area contributed by atoms with E-state index in [1.165, 1.54) is 0 Å². The molecule has 2 rings (SSSR count). The Hall–Kier alpha value is -0.540. The molecule has 1 unspecified atom stereocenters. The van der Waals surface area contributed by atoms with Crippen LogP contribution in [0.15, 0.2) is 5.38 Å². The lowest BCUT2D eigenvalue weighted by Crippen LogP contribution is -2.47. The lowest BCUT2D eigenvalue weighted by atomic mass is 10.00. The summed E-state index contributed by atoms with van der Waals surface area (Å²) >= 11 is 1.57. The van der Waals surface area contributed by atoms with Gasteiger partial charge in [0.1, 0.15) is 0 Å². The van der Waals surface area contributed by atoms with Gasteiger partial charge in [0, 0.05) is 37.1 Å². The van der Waals surface area contributed by atoms with E-state index in [0.29, 0.717) is 32.0 Å². The summed E-state index contributed by atoms with van der Waals surface area (Å²) in [7, 11) is -1.46. The monoisotopic (exact) mass is 332 g/mol. The number of aryl methyl sites for hydroxylation is 1. The third-order valence-corrected chi connectivity index (χ3v) is 6.21. The van der Waals surface area contributed by atoms with Crippen molar-refractivity contribution in [3.63, 3.8) is 0 Å². The summed E-state index contributed by atoms with van der Waals surface area (Å²) in [5.74, 6) is 0.405. The predicted molar refractivity (Wildman–Crippen MR) is 85.7 cm³/mol. The molecule has 1 aromatic rings. The van der Waals surface area contributed by atoms with Gasteiger partial charge in [0.05, 0.1) is 5.01 Å². The highest BCUT2D eigenvalue weighted by Gasteiger charge is 2.28. The number of aromatic nitrogens is 1. The van der Waals surface area contributed by atoms with Crippen molar-refractivity contribution in [3.05, 3.63) is 16.1 Å². The van der Waals surface area contributed by atoms with Crippen LogP contribution in [0.4, 0.5) is 0 Å². The van der Waals surface area contributed by atoms with Crippen LogP contribution in [-0.4, -0.2) is 50.9 Å². The third-order valence-electron chi connectivity index (χ3n) is 3.60. The lowest BCUT2D eigenvalue weighted by Gasteiger charge is -2.31. The zero-order valence-corrected chi connectivity index (χ0v) is 14.3. The Morgan fingerprint density at radius 3 is 3.00 bits per heavy atom. The summed E-state index contributed by atoms with van der Waals surface area (Å²) in [4.78, 5) is 4.34. The predicted octanol–water partition coefficient (Wildman–Crippen LogP) is 0.760. The van der Waals surface area contributed by atoms with E-state index >= 15 is 0 Å². The smallest absolute Gasteiger partial charge is 0.279 e. The maximum absolute atomic E-state index is 12.3. The summed E-state index contributed by atoms with van der Waals surface area (Å²) < 4.78 is 28.9. The van der Waals surface area contributed by atoms with Crippen LogP contribution >= 0.6 is 11.3 Å². The molecule has 0 aliphatic carbocycles. The van der Waals surface area contributed by atoms with Crippen molar-refractivity contribution in [2.24, 2.45) is 5.92 Å². The van der Waals surface area contributed by atoms with Crippen LogP contribution in [0, 0.1) is 12.8 Å². The van der Waals surface area contributed by atoms with Crippen LogP contribution < -0.4 is 10.0 Å². The highest BCUT2D eigenvalue weighted by molar-refractivity contribution is 7.87. The fourth-order valence-corrected chi connectivity index (χ4v) is 4.69. The Morgan fingerprint density at radius 2 is 2.33 bits per heavy atom. The van der Waals surface area contributed by atoms with Gasteiger partial charge in [-0.05, 0) is 39.3 Å². The summed E-state index contributed by atoms with van der Waals surface area (Å²) in [6.07, 6.45) is 2.66. The zero-order chi connectivity index (χ0) is 15.3. The Bertz CT molecular complexity index is 542. The van der Waals surface area contributed by atoms with Crippen molar-refractivity contribution < 1.29 is 8.42 Å². The van der Waals surface area contributed by atoms with Crippen molar-refractivity contribution in [1.82, 2.24) is 19.3 Å². The van der Waals surface area contributed by atoms with E-state index in [2.05, 4.69) is 15.0 Å². The number of hydrogen-bond acceptors (Lipinski definition) is 5. The molecule has 1 saturated heterocycles. The molecule has 2 heterocycles. The molecule has 1 fully saturated rings. The molecule has 0 spiro atoms. The van der Waals surface area contributed by atoms with Gasteiger partial charge in [0.25, 0.3) is 10.2 Å². The molecule has 0 aromatic carbocycles. The first-order valence-corrected chi connectivity index (χ1v) is 9.63. The molecule has 0 radical (unpaired) electrons. The standard InChI is InChI=1S/C13H24N4O2S2/c1-11-10-20-13(16-11)5-6-15-21(18,19)17-7-3-4-12(9-17)8-14-2/h10,12,14-15H,3-9H2,1-2H3. The molecule has 1 aromatic heterocycles. The van der Waals surface area contributed by atoms with E-state index in [9.17, 15) is 8.42 Å². The van der Waals surface area contributed by atoms with Crippen LogP contribution in [-0.2, 0) is 16.6 Å². The number of piperidine rings is 1. The third kappa shape index (κ3) is 5.00. The molecular weight excluding hydrogens is 308 g/mol. The lowest BCUT2D eigenvalue weighted by molar-refractivity contribution is 0.261. The largest absolute Gasteiger partial charge is 0.319 e. The van der Waals surface area contributed by atoms with Crippen LogP contribution in [0.25, 0.3) is 0 Å². The topological polar surface area (TPSA) is 74.3 Å². The first-order valence-electron chi connectivity index (χ1n) is 7.31. The molecule has 0 amide bonds. The van der Waals surface area contributed by atoms with E-state index in [0.717, 1.165) is 30.1 Å². The summed E-state index contributed by atoms with van der Waals surface area (Å²) in [6, 6.07) is 0. The average Bonchev–Trinajstić information content (AvgIpc) is 2.85. The SMILES string of the molecule is CNCC1CCCN(S(=O)(=O)NCCc2nc(C)cs2)C1. The van der Waals surface area contributed by atoms with Crippen molar-refractivity contribution >= 4 is 21.5 Å². The van der Waals surface area contributed by atoms with Gasteiger partial charge in [-0.1, -0.05) is 0 Å². The molecule has 0 saturated carbocycles. The molecule has 6 nitrogen and oxygen atoms in total. The van der Waals surface area contributed by atoms with Crippen molar-refractivity contribution in [2.75, 3.05) is 33.2 Å². The summed E-state index contributed by atoms with van der Waals surface area (Å²) in [5, 5.41) is 6.08. The van der Waals surface area contributed by atoms with Gasteiger partial charge in [-0.3, -0.25) is 0 Å². The summed E-state index contributed by atoms with van der Waals surface area (Å²) in [5.41, 5.74) is 0.990. The van der Waals surface area contributed by atoms with E-state index in [1.807, 2.05) is 19.4 Å². The van der Waals surface area contributed by atoms with Crippen LogP contribution in [0.5, 0.6) is 0 Å².